The van der Waals surface area contributed by atoms with Crippen LogP contribution in [0.25, 0.3) is 0 Å². The summed E-state index contributed by atoms with van der Waals surface area (Å²) in [5, 5.41) is 0. The van der Waals surface area contributed by atoms with Crippen molar-refractivity contribution in [2.24, 2.45) is 4.99 Å². The lowest BCUT2D eigenvalue weighted by atomic mass is 10.0. The van der Waals surface area contributed by atoms with Gasteiger partial charge in [0.05, 0.1) is 6.54 Å². The van der Waals surface area contributed by atoms with Gasteiger partial charge in [0.1, 0.15) is 0 Å². The maximum atomic E-state index is 9.85. The lowest BCUT2D eigenvalue weighted by Gasteiger charge is -2.06. The molecule has 12 heavy (non-hydrogen) atoms. The standard InChI is InChI=1S/C10H11NO/c1-9(7-11-8-12)10-5-3-2-4-6-10/h2-6,9H,7H2,1H3/t9-/m1/s1. The van der Waals surface area contributed by atoms with E-state index in [1.54, 1.807) is 6.08 Å². The quantitative estimate of drug-likeness (QED) is 0.493. The van der Waals surface area contributed by atoms with Crippen LogP contribution in [0.5, 0.6) is 0 Å². The van der Waals surface area contributed by atoms with Gasteiger partial charge < -0.3 is 0 Å². The first-order valence-electron chi connectivity index (χ1n) is 3.93. The maximum absolute atomic E-state index is 9.85. The molecule has 0 N–H and O–H groups in total. The third kappa shape index (κ3) is 2.33. The zero-order valence-corrected chi connectivity index (χ0v) is 7.03. The number of aliphatic imine (C=N–C) groups is 1. The number of nitrogens with zero attached hydrogens (tertiary/aromatic N) is 1. The third-order valence-corrected chi connectivity index (χ3v) is 1.80. The van der Waals surface area contributed by atoms with Crippen molar-refractivity contribution in [3.63, 3.8) is 0 Å². The van der Waals surface area contributed by atoms with Gasteiger partial charge in [-0.15, -0.1) is 0 Å². The Bertz CT molecular complexity index is 275. The van der Waals surface area contributed by atoms with Crippen molar-refractivity contribution in [1.82, 2.24) is 0 Å². The lowest BCUT2D eigenvalue weighted by molar-refractivity contribution is 0.561. The van der Waals surface area contributed by atoms with Gasteiger partial charge in [0, 0.05) is 5.92 Å². The summed E-state index contributed by atoms with van der Waals surface area (Å²) >= 11 is 0. The summed E-state index contributed by atoms with van der Waals surface area (Å²) in [6, 6.07) is 10.0. The van der Waals surface area contributed by atoms with Crippen molar-refractivity contribution in [3.8, 4) is 0 Å². The van der Waals surface area contributed by atoms with Crippen LogP contribution in [-0.4, -0.2) is 12.6 Å². The second kappa shape index (κ2) is 4.47. The van der Waals surface area contributed by atoms with E-state index in [4.69, 9.17) is 0 Å². The Kier molecular flexibility index (Phi) is 3.24. The van der Waals surface area contributed by atoms with Crippen molar-refractivity contribution in [3.05, 3.63) is 35.9 Å². The molecule has 0 saturated carbocycles. The minimum Gasteiger partial charge on any atom is -0.211 e. The maximum Gasteiger partial charge on any atom is 0.234 e. The van der Waals surface area contributed by atoms with Crippen LogP contribution in [0.4, 0.5) is 0 Å². The molecule has 0 saturated heterocycles. The molecule has 0 bridgehead atoms. The minimum absolute atomic E-state index is 0.299. The summed E-state index contributed by atoms with van der Waals surface area (Å²) in [5.41, 5.74) is 1.21. The highest BCUT2D eigenvalue weighted by Crippen LogP contribution is 2.13. The lowest BCUT2D eigenvalue weighted by Crippen LogP contribution is -1.96. The summed E-state index contributed by atoms with van der Waals surface area (Å²) in [6.45, 7) is 2.56. The first-order valence-corrected chi connectivity index (χ1v) is 3.93. The van der Waals surface area contributed by atoms with E-state index in [1.807, 2.05) is 37.3 Å². The highest BCUT2D eigenvalue weighted by Gasteiger charge is 2.01. The van der Waals surface area contributed by atoms with Gasteiger partial charge in [-0.05, 0) is 5.56 Å². The zero-order valence-electron chi connectivity index (χ0n) is 7.03. The van der Waals surface area contributed by atoms with E-state index in [0.29, 0.717) is 12.5 Å². The Balaban J connectivity index is 2.65. The van der Waals surface area contributed by atoms with Gasteiger partial charge in [0.15, 0.2) is 0 Å². The van der Waals surface area contributed by atoms with Crippen molar-refractivity contribution < 1.29 is 4.79 Å². The van der Waals surface area contributed by atoms with Crippen LogP contribution in [0, 0.1) is 0 Å². The highest BCUT2D eigenvalue weighted by atomic mass is 16.1. The molecule has 1 aromatic rings. The Morgan fingerprint density at radius 2 is 2.08 bits per heavy atom. The van der Waals surface area contributed by atoms with Crippen LogP contribution >= 0.6 is 0 Å². The topological polar surface area (TPSA) is 29.4 Å². The van der Waals surface area contributed by atoms with Crippen molar-refractivity contribution in [1.29, 1.82) is 0 Å². The molecular formula is C10H11NO. The van der Waals surface area contributed by atoms with Crippen LogP contribution in [0.15, 0.2) is 35.3 Å². The average Bonchev–Trinajstić information content (AvgIpc) is 2.15. The number of hydrogen-bond donors (Lipinski definition) is 0. The molecular weight excluding hydrogens is 150 g/mol. The number of benzene rings is 1. The molecule has 0 unspecified atom stereocenters. The van der Waals surface area contributed by atoms with Gasteiger partial charge in [-0.3, -0.25) is 0 Å². The molecule has 1 rings (SSSR count). The molecule has 0 aromatic heterocycles. The van der Waals surface area contributed by atoms with E-state index in [9.17, 15) is 4.79 Å². The molecule has 0 aliphatic carbocycles. The van der Waals surface area contributed by atoms with Gasteiger partial charge in [0.2, 0.25) is 6.08 Å². The Hall–Kier alpha value is -1.40. The number of hydrogen-bond acceptors (Lipinski definition) is 2. The molecule has 1 atom stereocenters. The van der Waals surface area contributed by atoms with E-state index in [0.717, 1.165) is 0 Å². The number of carbonyl (C=O) groups excluding carboxylic acids is 1. The number of isocyanates is 1. The fourth-order valence-corrected chi connectivity index (χ4v) is 1.06. The molecule has 0 heterocycles. The Morgan fingerprint density at radius 1 is 1.42 bits per heavy atom. The van der Waals surface area contributed by atoms with Crippen molar-refractivity contribution in [2.75, 3.05) is 6.54 Å². The monoisotopic (exact) mass is 161 g/mol. The predicted octanol–water partition coefficient (Wildman–Crippen LogP) is 2.13. The van der Waals surface area contributed by atoms with Crippen LogP contribution in [0.2, 0.25) is 0 Å². The average molecular weight is 161 g/mol. The van der Waals surface area contributed by atoms with E-state index in [1.165, 1.54) is 5.56 Å². The summed E-state index contributed by atoms with van der Waals surface area (Å²) in [4.78, 5) is 13.4. The molecule has 2 heteroatoms. The van der Waals surface area contributed by atoms with E-state index in [2.05, 4.69) is 4.99 Å². The van der Waals surface area contributed by atoms with Crippen molar-refractivity contribution in [2.45, 2.75) is 12.8 Å². The summed E-state index contributed by atoms with van der Waals surface area (Å²) < 4.78 is 0. The smallest absolute Gasteiger partial charge is 0.211 e. The first kappa shape index (κ1) is 8.69. The van der Waals surface area contributed by atoms with E-state index >= 15 is 0 Å². The molecule has 0 spiro atoms. The van der Waals surface area contributed by atoms with Crippen LogP contribution < -0.4 is 0 Å². The van der Waals surface area contributed by atoms with Crippen LogP contribution in [0.1, 0.15) is 18.4 Å². The third-order valence-electron chi connectivity index (χ3n) is 1.80. The van der Waals surface area contributed by atoms with Crippen LogP contribution in [0.3, 0.4) is 0 Å². The Labute approximate surface area is 71.9 Å². The van der Waals surface area contributed by atoms with Gasteiger partial charge >= 0.3 is 0 Å². The van der Waals surface area contributed by atoms with Gasteiger partial charge in [0.25, 0.3) is 0 Å². The minimum atomic E-state index is 0.299. The normalized spacial score (nSPS) is 11.8. The molecule has 1 aromatic carbocycles. The van der Waals surface area contributed by atoms with E-state index < -0.39 is 0 Å². The molecule has 0 radical (unpaired) electrons. The predicted molar refractivity (Wildman–Crippen MR) is 47.8 cm³/mol. The second-order valence-electron chi connectivity index (χ2n) is 2.74. The van der Waals surface area contributed by atoms with Crippen LogP contribution in [-0.2, 0) is 4.79 Å². The fraction of sp³-hybridized carbons (Fsp3) is 0.300. The molecule has 62 valence electrons. The SMILES string of the molecule is C[C@H](CN=C=O)c1ccccc1. The first-order chi connectivity index (χ1) is 5.84. The van der Waals surface area contributed by atoms with Gasteiger partial charge in [-0.1, -0.05) is 37.3 Å². The molecule has 0 fully saturated rings. The Morgan fingerprint density at radius 3 is 2.67 bits per heavy atom. The van der Waals surface area contributed by atoms with E-state index in [-0.39, 0.29) is 0 Å². The zero-order chi connectivity index (χ0) is 8.81. The summed E-state index contributed by atoms with van der Waals surface area (Å²) in [5.74, 6) is 0.299. The summed E-state index contributed by atoms with van der Waals surface area (Å²) in [6.07, 6.45) is 1.54. The second-order valence-corrected chi connectivity index (χ2v) is 2.74. The fourth-order valence-electron chi connectivity index (χ4n) is 1.06. The van der Waals surface area contributed by atoms with Gasteiger partial charge in [-0.25, -0.2) is 9.79 Å². The largest absolute Gasteiger partial charge is 0.234 e. The molecule has 0 aliphatic rings. The molecule has 0 aliphatic heterocycles. The van der Waals surface area contributed by atoms with Crippen molar-refractivity contribution >= 4 is 6.08 Å². The number of rotatable bonds is 3. The van der Waals surface area contributed by atoms with Gasteiger partial charge in [-0.2, -0.15) is 0 Å². The highest BCUT2D eigenvalue weighted by molar-refractivity contribution is 5.33. The molecule has 2 nitrogen and oxygen atoms in total. The summed E-state index contributed by atoms with van der Waals surface area (Å²) in [7, 11) is 0. The molecule has 0 amide bonds.